The fourth-order valence-corrected chi connectivity index (χ4v) is 5.35. The Hall–Kier alpha value is -0.900. The van der Waals surface area contributed by atoms with Crippen LogP contribution < -0.4 is 10.6 Å². The van der Waals surface area contributed by atoms with Crippen LogP contribution >= 0.6 is 24.0 Å². The third-order valence-electron chi connectivity index (χ3n) is 7.27. The number of piperidine rings is 1. The summed E-state index contributed by atoms with van der Waals surface area (Å²) in [4.78, 5) is 9.52. The van der Waals surface area contributed by atoms with Crippen molar-refractivity contribution < 1.29 is 5.11 Å². The normalized spacial score (nSPS) is 23.9. The van der Waals surface area contributed by atoms with E-state index in [1.54, 1.807) is 0 Å². The SMILES string of the molecule is CN=C(NCc1ccc(CN2CCC(O)CC2)cc1)NC1CCN(CC2CCCC2)C1.I. The van der Waals surface area contributed by atoms with Gasteiger partial charge in [0, 0.05) is 58.9 Å². The van der Waals surface area contributed by atoms with Gasteiger partial charge in [0.15, 0.2) is 5.96 Å². The van der Waals surface area contributed by atoms with E-state index in [-0.39, 0.29) is 30.1 Å². The molecule has 0 spiro atoms. The molecular formula is C25H42IN5O. The smallest absolute Gasteiger partial charge is 0.191 e. The number of guanidine groups is 1. The number of halogens is 1. The Morgan fingerprint density at radius 2 is 1.62 bits per heavy atom. The second-order valence-corrected chi connectivity index (χ2v) is 9.79. The molecule has 3 fully saturated rings. The summed E-state index contributed by atoms with van der Waals surface area (Å²) in [6.07, 6.45) is 8.61. The fraction of sp³-hybridized carbons (Fsp3) is 0.720. The standard InChI is InChI=1S/C25H41N5O.HI/c1-26-25(28-23-10-13-30(19-23)18-21-4-2-3-5-21)27-16-20-6-8-22(9-7-20)17-29-14-11-24(31)12-15-29;/h6-9,21,23-24,31H,2-5,10-19H2,1H3,(H2,26,27,28);1H. The zero-order valence-electron chi connectivity index (χ0n) is 19.6. The van der Waals surface area contributed by atoms with Crippen molar-refractivity contribution in [3.05, 3.63) is 35.4 Å². The Morgan fingerprint density at radius 3 is 2.31 bits per heavy atom. The minimum Gasteiger partial charge on any atom is -0.393 e. The Morgan fingerprint density at radius 1 is 0.969 bits per heavy atom. The molecule has 1 unspecified atom stereocenters. The van der Waals surface area contributed by atoms with Crippen LogP contribution in [0.25, 0.3) is 0 Å². The highest BCUT2D eigenvalue weighted by Crippen LogP contribution is 2.26. The average Bonchev–Trinajstić information content (AvgIpc) is 3.46. The number of benzene rings is 1. The molecule has 0 bridgehead atoms. The molecule has 1 aromatic carbocycles. The molecule has 1 aromatic rings. The Kier molecular flexibility index (Phi) is 10.5. The predicted octanol–water partition coefficient (Wildman–Crippen LogP) is 3.19. The van der Waals surface area contributed by atoms with Crippen molar-refractivity contribution in [2.45, 2.75) is 70.2 Å². The van der Waals surface area contributed by atoms with Crippen LogP contribution in [0, 0.1) is 5.92 Å². The summed E-state index contributed by atoms with van der Waals surface area (Å²) in [5.74, 6) is 1.84. The number of aliphatic hydroxyl groups is 1. The van der Waals surface area contributed by atoms with E-state index in [9.17, 15) is 5.11 Å². The van der Waals surface area contributed by atoms with Gasteiger partial charge in [0.05, 0.1) is 6.10 Å². The Bertz CT molecular complexity index is 699. The first-order chi connectivity index (χ1) is 15.2. The summed E-state index contributed by atoms with van der Waals surface area (Å²) >= 11 is 0. The highest BCUT2D eigenvalue weighted by Gasteiger charge is 2.26. The van der Waals surface area contributed by atoms with Gasteiger partial charge in [-0.1, -0.05) is 37.1 Å². The average molecular weight is 556 g/mol. The number of rotatable bonds is 7. The van der Waals surface area contributed by atoms with Gasteiger partial charge >= 0.3 is 0 Å². The van der Waals surface area contributed by atoms with Crippen molar-refractivity contribution in [1.29, 1.82) is 0 Å². The molecule has 1 aliphatic carbocycles. The highest BCUT2D eigenvalue weighted by molar-refractivity contribution is 14.0. The number of hydrogen-bond acceptors (Lipinski definition) is 4. The first-order valence-electron chi connectivity index (χ1n) is 12.4. The van der Waals surface area contributed by atoms with E-state index in [2.05, 4.69) is 49.7 Å². The second kappa shape index (κ2) is 13.1. The van der Waals surface area contributed by atoms with Crippen LogP contribution in [-0.4, -0.2) is 72.8 Å². The zero-order chi connectivity index (χ0) is 21.5. The second-order valence-electron chi connectivity index (χ2n) is 9.79. The summed E-state index contributed by atoms with van der Waals surface area (Å²) in [5, 5.41) is 16.8. The van der Waals surface area contributed by atoms with Gasteiger partial charge in [0.1, 0.15) is 0 Å². The van der Waals surface area contributed by atoms with Gasteiger partial charge in [-0.15, -0.1) is 24.0 Å². The van der Waals surface area contributed by atoms with E-state index in [0.29, 0.717) is 6.04 Å². The van der Waals surface area contributed by atoms with E-state index in [1.807, 2.05) is 7.05 Å². The van der Waals surface area contributed by atoms with Crippen LogP contribution in [0.15, 0.2) is 29.3 Å². The molecule has 3 N–H and O–H groups in total. The predicted molar refractivity (Wildman–Crippen MR) is 143 cm³/mol. The lowest BCUT2D eigenvalue weighted by Gasteiger charge is -2.29. The quantitative estimate of drug-likeness (QED) is 0.274. The van der Waals surface area contributed by atoms with Crippen LogP contribution in [0.1, 0.15) is 56.1 Å². The van der Waals surface area contributed by atoms with E-state index < -0.39 is 0 Å². The van der Waals surface area contributed by atoms with Crippen molar-refractivity contribution in [1.82, 2.24) is 20.4 Å². The molecule has 1 atom stereocenters. The number of likely N-dealkylation sites (tertiary alicyclic amines) is 2. The van der Waals surface area contributed by atoms with Crippen LogP contribution in [-0.2, 0) is 13.1 Å². The van der Waals surface area contributed by atoms with E-state index >= 15 is 0 Å². The number of aliphatic imine (C=N–C) groups is 1. The van der Waals surface area contributed by atoms with Gasteiger partial charge in [0.25, 0.3) is 0 Å². The Labute approximate surface area is 211 Å². The van der Waals surface area contributed by atoms with Crippen molar-refractivity contribution >= 4 is 29.9 Å². The van der Waals surface area contributed by atoms with Crippen molar-refractivity contribution in [3.8, 4) is 0 Å². The molecule has 6 nitrogen and oxygen atoms in total. The molecular weight excluding hydrogens is 513 g/mol. The van der Waals surface area contributed by atoms with E-state index in [1.165, 1.54) is 56.3 Å². The molecule has 32 heavy (non-hydrogen) atoms. The van der Waals surface area contributed by atoms with Crippen molar-refractivity contribution in [3.63, 3.8) is 0 Å². The van der Waals surface area contributed by atoms with Crippen LogP contribution in [0.3, 0.4) is 0 Å². The minimum absolute atomic E-state index is 0. The summed E-state index contributed by atoms with van der Waals surface area (Å²) < 4.78 is 0. The number of nitrogens with zero attached hydrogens (tertiary/aromatic N) is 3. The van der Waals surface area contributed by atoms with Crippen LogP contribution in [0.5, 0.6) is 0 Å². The third-order valence-corrected chi connectivity index (χ3v) is 7.27. The lowest BCUT2D eigenvalue weighted by atomic mass is 10.1. The topological polar surface area (TPSA) is 63.1 Å². The Balaban J connectivity index is 0.00000289. The first kappa shape index (κ1) is 25.7. The fourth-order valence-electron chi connectivity index (χ4n) is 5.35. The molecule has 7 heteroatoms. The third kappa shape index (κ3) is 7.85. The van der Waals surface area contributed by atoms with Gasteiger partial charge in [0.2, 0.25) is 0 Å². The maximum absolute atomic E-state index is 9.66. The van der Waals surface area contributed by atoms with Gasteiger partial charge in [-0.3, -0.25) is 9.89 Å². The van der Waals surface area contributed by atoms with Gasteiger partial charge < -0.3 is 20.6 Å². The highest BCUT2D eigenvalue weighted by atomic mass is 127. The first-order valence-corrected chi connectivity index (χ1v) is 12.4. The summed E-state index contributed by atoms with van der Waals surface area (Å²) in [7, 11) is 1.86. The summed E-state index contributed by atoms with van der Waals surface area (Å²) in [6.45, 7) is 7.38. The molecule has 2 heterocycles. The van der Waals surface area contributed by atoms with Gasteiger partial charge in [-0.25, -0.2) is 0 Å². The van der Waals surface area contributed by atoms with Gasteiger partial charge in [-0.2, -0.15) is 0 Å². The van der Waals surface area contributed by atoms with Crippen LogP contribution in [0.2, 0.25) is 0 Å². The lowest BCUT2D eigenvalue weighted by Crippen LogP contribution is -2.44. The molecule has 0 aromatic heterocycles. The molecule has 2 saturated heterocycles. The largest absolute Gasteiger partial charge is 0.393 e. The van der Waals surface area contributed by atoms with Crippen LogP contribution in [0.4, 0.5) is 0 Å². The van der Waals surface area contributed by atoms with E-state index in [4.69, 9.17) is 0 Å². The molecule has 2 aliphatic heterocycles. The zero-order valence-corrected chi connectivity index (χ0v) is 22.0. The molecule has 0 radical (unpaired) electrons. The number of nitrogens with one attached hydrogen (secondary N) is 2. The van der Waals surface area contributed by atoms with Gasteiger partial charge in [-0.05, 0) is 49.1 Å². The number of hydrogen-bond donors (Lipinski definition) is 3. The molecule has 0 amide bonds. The molecule has 180 valence electrons. The maximum Gasteiger partial charge on any atom is 0.191 e. The molecule has 1 saturated carbocycles. The van der Waals surface area contributed by atoms with Crippen molar-refractivity contribution in [2.75, 3.05) is 39.8 Å². The molecule has 3 aliphatic rings. The summed E-state index contributed by atoms with van der Waals surface area (Å²) in [5.41, 5.74) is 2.62. The monoisotopic (exact) mass is 555 g/mol. The van der Waals surface area contributed by atoms with Crippen molar-refractivity contribution in [2.24, 2.45) is 10.9 Å². The molecule has 4 rings (SSSR count). The lowest BCUT2D eigenvalue weighted by molar-refractivity contribution is 0.0792. The maximum atomic E-state index is 9.66. The minimum atomic E-state index is -0.104. The number of aliphatic hydroxyl groups excluding tert-OH is 1. The summed E-state index contributed by atoms with van der Waals surface area (Å²) in [6, 6.07) is 9.39. The van der Waals surface area contributed by atoms with E-state index in [0.717, 1.165) is 57.4 Å².